The van der Waals surface area contributed by atoms with Crippen molar-refractivity contribution in [2.75, 3.05) is 54.6 Å². The van der Waals surface area contributed by atoms with Crippen molar-refractivity contribution in [3.63, 3.8) is 0 Å². The SMILES string of the molecule is O=C1O[C@@H](c2ccccc2)[C@@H](c2ccccc2)N2[C@@H](c3ccc(OCCO)cc3)[C@]3(C(=O)N(C(=O)OCc4ccc([N+](=O)[O-])cc4)c4ccc(C#CCn5nnc6ccccc65)cc43)[C@@H](C(=O)Nc3ccc(N4CCOCC4)cc3)[C@H]12. The van der Waals surface area contributed by atoms with Gasteiger partial charge in [-0.3, -0.25) is 29.4 Å². The van der Waals surface area contributed by atoms with Gasteiger partial charge < -0.3 is 34.3 Å². The highest BCUT2D eigenvalue weighted by molar-refractivity contribution is 6.24. The zero-order valence-electron chi connectivity index (χ0n) is 43.4. The number of ether oxygens (including phenoxy) is 4. The van der Waals surface area contributed by atoms with E-state index in [0.717, 1.165) is 16.1 Å². The van der Waals surface area contributed by atoms with Crippen LogP contribution in [0.4, 0.5) is 27.5 Å². The molecule has 3 fully saturated rings. The van der Waals surface area contributed by atoms with Crippen LogP contribution in [0.5, 0.6) is 5.75 Å². The maximum atomic E-state index is 16.9. The number of esters is 1. The number of para-hydroxylation sites is 1. The molecule has 1 aromatic heterocycles. The number of hydrogen-bond acceptors (Lipinski definition) is 15. The van der Waals surface area contributed by atoms with E-state index in [1.165, 1.54) is 24.3 Å². The molecule has 81 heavy (non-hydrogen) atoms. The number of imide groups is 1. The molecule has 6 atom stereocenters. The number of nitrogens with one attached hydrogen (secondary N) is 1. The van der Waals surface area contributed by atoms with Gasteiger partial charge in [0.15, 0.2) is 0 Å². The molecule has 0 unspecified atom stereocenters. The normalized spacial score (nSPS) is 21.2. The summed E-state index contributed by atoms with van der Waals surface area (Å²) in [6.45, 7) is 1.97. The minimum absolute atomic E-state index is 0.00296. The van der Waals surface area contributed by atoms with E-state index in [0.29, 0.717) is 71.1 Å². The van der Waals surface area contributed by atoms with Gasteiger partial charge in [-0.25, -0.2) is 14.4 Å². The van der Waals surface area contributed by atoms with Crippen LogP contribution < -0.4 is 19.9 Å². The molecule has 7 aromatic carbocycles. The molecule has 0 radical (unpaired) electrons. The smallest absolute Gasteiger partial charge is 0.421 e. The van der Waals surface area contributed by atoms with Gasteiger partial charge in [0.2, 0.25) is 11.8 Å². The first-order chi connectivity index (χ1) is 39.6. The van der Waals surface area contributed by atoms with E-state index in [2.05, 4.69) is 32.4 Å². The van der Waals surface area contributed by atoms with Gasteiger partial charge in [-0.2, -0.15) is 0 Å². The fraction of sp³-hybridized carbons (Fsp3) is 0.226. The van der Waals surface area contributed by atoms with Gasteiger partial charge in [0.1, 0.15) is 48.6 Å². The molecular formula is C62H52N8O11. The zero-order chi connectivity index (χ0) is 55.6. The largest absolute Gasteiger partial charge is 0.491 e. The summed E-state index contributed by atoms with van der Waals surface area (Å²) in [4.78, 5) is 79.9. The number of nitrogens with zero attached hydrogens (tertiary/aromatic N) is 7. The first kappa shape index (κ1) is 52.0. The van der Waals surface area contributed by atoms with E-state index in [4.69, 9.17) is 18.9 Å². The van der Waals surface area contributed by atoms with Crippen molar-refractivity contribution in [2.24, 2.45) is 5.92 Å². The minimum atomic E-state index is -2.17. The highest BCUT2D eigenvalue weighted by Crippen LogP contribution is 2.66. The number of carbonyl (C=O) groups is 4. The number of hydrogen-bond donors (Lipinski definition) is 2. The molecule has 3 amide bonds. The number of cyclic esters (lactones) is 1. The van der Waals surface area contributed by atoms with Crippen LogP contribution in [0.2, 0.25) is 0 Å². The van der Waals surface area contributed by atoms with Crippen LogP contribution >= 0.6 is 0 Å². The quantitative estimate of drug-likeness (QED) is 0.0480. The summed E-state index contributed by atoms with van der Waals surface area (Å²) in [6.07, 6.45) is -2.09. The fourth-order valence-corrected chi connectivity index (χ4v) is 11.8. The number of fused-ring (bicyclic) bond motifs is 4. The molecule has 5 heterocycles. The average molecular weight is 1090 g/mol. The number of rotatable bonds is 13. The lowest BCUT2D eigenvalue weighted by Gasteiger charge is -2.46. The standard InChI is InChI=1S/C62H52N8O11/c71-34-37-79-48-28-20-44(21-29-48)57-62(49-38-40(10-9-31-67-52-16-8-7-15-50(52)64-65-67)19-30-51(49)68(60(62)74)61(75)80-39-41-17-24-47(25-18-41)70(76)77)53(58(72)63-45-22-26-46(27-23-45)66-32-35-78-36-33-66)55-59(73)81-56(43-13-5-2-6-14-43)54(69(55)57)42-11-3-1-4-12-42/h1-8,11-30,38,53-57,71H,31-37,39H2,(H,63,72)/t53-,54-,55-,56+,57+,62-/m1/s1. The Balaban J connectivity index is 1.07. The summed E-state index contributed by atoms with van der Waals surface area (Å²) in [7, 11) is 0. The van der Waals surface area contributed by atoms with Crippen LogP contribution in [-0.4, -0.2) is 99.4 Å². The molecular weight excluding hydrogens is 1030 g/mol. The number of benzene rings is 7. The van der Waals surface area contributed by atoms with Crippen molar-refractivity contribution in [1.82, 2.24) is 19.9 Å². The van der Waals surface area contributed by atoms with Gasteiger partial charge in [-0.15, -0.1) is 5.10 Å². The monoisotopic (exact) mass is 1080 g/mol. The zero-order valence-corrected chi connectivity index (χ0v) is 43.4. The van der Waals surface area contributed by atoms with Gasteiger partial charge in [-0.1, -0.05) is 102 Å². The Labute approximate surface area is 464 Å². The van der Waals surface area contributed by atoms with Crippen molar-refractivity contribution in [1.29, 1.82) is 0 Å². The minimum Gasteiger partial charge on any atom is -0.491 e. The van der Waals surface area contributed by atoms with Gasteiger partial charge in [0.25, 0.3) is 5.69 Å². The molecule has 2 N–H and O–H groups in total. The number of amides is 3. The molecule has 8 aromatic rings. The number of morpholine rings is 2. The van der Waals surface area contributed by atoms with Gasteiger partial charge in [0.05, 0.1) is 53.9 Å². The third-order valence-corrected chi connectivity index (χ3v) is 15.4. The van der Waals surface area contributed by atoms with Crippen LogP contribution in [0.25, 0.3) is 11.0 Å². The van der Waals surface area contributed by atoms with Crippen molar-refractivity contribution in [2.45, 2.75) is 42.8 Å². The molecule has 4 aliphatic heterocycles. The summed E-state index contributed by atoms with van der Waals surface area (Å²) in [6, 6.07) is 47.2. The molecule has 0 aliphatic carbocycles. The number of nitro benzene ring substituents is 1. The predicted molar refractivity (Wildman–Crippen MR) is 297 cm³/mol. The molecule has 4 aliphatic rings. The maximum Gasteiger partial charge on any atom is 0.421 e. The van der Waals surface area contributed by atoms with E-state index < -0.39 is 64.4 Å². The van der Waals surface area contributed by atoms with E-state index >= 15 is 19.2 Å². The first-order valence-electron chi connectivity index (χ1n) is 26.4. The van der Waals surface area contributed by atoms with Crippen LogP contribution in [0.15, 0.2) is 176 Å². The molecule has 0 saturated carbocycles. The summed E-state index contributed by atoms with van der Waals surface area (Å²) in [5, 5.41) is 32.9. The number of non-ortho nitro benzene ring substituents is 1. The number of aliphatic hydroxyl groups excluding tert-OH is 1. The van der Waals surface area contributed by atoms with E-state index in [9.17, 15) is 15.2 Å². The van der Waals surface area contributed by atoms with Crippen molar-refractivity contribution in [3.05, 3.63) is 219 Å². The summed E-state index contributed by atoms with van der Waals surface area (Å²) < 4.78 is 25.7. The summed E-state index contributed by atoms with van der Waals surface area (Å²) in [5.41, 5.74) is 3.33. The predicted octanol–water partition coefficient (Wildman–Crippen LogP) is 8.24. The number of carbonyl (C=O) groups excluding carboxylic acids is 4. The second-order valence-corrected chi connectivity index (χ2v) is 19.9. The third kappa shape index (κ3) is 9.64. The van der Waals surface area contributed by atoms with Crippen molar-refractivity contribution >= 4 is 57.7 Å². The number of anilines is 3. The number of nitro groups is 1. The van der Waals surface area contributed by atoms with Gasteiger partial charge in [0, 0.05) is 42.2 Å². The molecule has 19 nitrogen and oxygen atoms in total. The highest BCUT2D eigenvalue weighted by Gasteiger charge is 2.76. The third-order valence-electron chi connectivity index (χ3n) is 15.4. The van der Waals surface area contributed by atoms with Gasteiger partial charge in [-0.05, 0) is 107 Å². The molecule has 19 heteroatoms. The fourth-order valence-electron chi connectivity index (χ4n) is 11.8. The molecule has 1 spiro atoms. The van der Waals surface area contributed by atoms with E-state index in [-0.39, 0.29) is 43.3 Å². The summed E-state index contributed by atoms with van der Waals surface area (Å²) >= 11 is 0. The Morgan fingerprint density at radius 3 is 2.22 bits per heavy atom. The first-order valence-corrected chi connectivity index (χ1v) is 26.4. The Hall–Kier alpha value is -9.74. The van der Waals surface area contributed by atoms with Crippen LogP contribution in [-0.2, 0) is 47.2 Å². The lowest BCUT2D eigenvalue weighted by Crippen LogP contribution is -2.54. The molecule has 0 bridgehead atoms. The highest BCUT2D eigenvalue weighted by atomic mass is 16.6. The second-order valence-electron chi connectivity index (χ2n) is 19.9. The maximum absolute atomic E-state index is 16.9. The van der Waals surface area contributed by atoms with Crippen LogP contribution in [0.1, 0.15) is 51.6 Å². The Kier molecular flexibility index (Phi) is 14.2. The van der Waals surface area contributed by atoms with Crippen molar-refractivity contribution < 1.29 is 48.2 Å². The molecule has 3 saturated heterocycles. The Morgan fingerprint density at radius 1 is 0.802 bits per heavy atom. The topological polar surface area (TPSA) is 221 Å². The Morgan fingerprint density at radius 2 is 1.51 bits per heavy atom. The lowest BCUT2D eigenvalue weighted by molar-refractivity contribution is -0.384. The average Bonchev–Trinajstić information content (AvgIpc) is 2.46. The van der Waals surface area contributed by atoms with Crippen LogP contribution in [0.3, 0.4) is 0 Å². The van der Waals surface area contributed by atoms with E-state index in [1.54, 1.807) is 59.3 Å². The second kappa shape index (κ2) is 22.2. The molecule has 12 rings (SSSR count). The van der Waals surface area contributed by atoms with Gasteiger partial charge >= 0.3 is 12.1 Å². The summed E-state index contributed by atoms with van der Waals surface area (Å²) in [5.74, 6) is 2.83. The van der Waals surface area contributed by atoms with E-state index in [1.807, 2.05) is 102 Å². The number of aromatic nitrogens is 3. The lowest BCUT2D eigenvalue weighted by atomic mass is 9.65. The Bertz CT molecular complexity index is 3730. The number of aliphatic hydroxyl groups is 1. The van der Waals surface area contributed by atoms with Crippen molar-refractivity contribution in [3.8, 4) is 17.6 Å². The van der Waals surface area contributed by atoms with Crippen LogP contribution in [0, 0.1) is 27.9 Å². The molecule has 406 valence electrons.